The van der Waals surface area contributed by atoms with Gasteiger partial charge in [-0.15, -0.1) is 0 Å². The first-order valence-electron chi connectivity index (χ1n) is 9.05. The van der Waals surface area contributed by atoms with Gasteiger partial charge in [0, 0.05) is 28.9 Å². The highest BCUT2D eigenvalue weighted by atomic mass is 16.1. The zero-order valence-electron chi connectivity index (χ0n) is 16.3. The fraction of sp³-hybridized carbons (Fsp3) is 0.381. The summed E-state index contributed by atoms with van der Waals surface area (Å²) in [6.07, 6.45) is 0. The molecule has 0 aliphatic heterocycles. The molecular formula is C21H26N4O. The van der Waals surface area contributed by atoms with Gasteiger partial charge in [-0.1, -0.05) is 18.2 Å². The molecule has 3 rings (SSSR count). The third kappa shape index (κ3) is 3.09. The molecule has 136 valence electrons. The van der Waals surface area contributed by atoms with Crippen molar-refractivity contribution in [1.29, 1.82) is 0 Å². The second-order valence-corrected chi connectivity index (χ2v) is 6.88. The molecule has 0 saturated heterocycles. The predicted molar refractivity (Wildman–Crippen MR) is 104 cm³/mol. The molecule has 2 aromatic heterocycles. The summed E-state index contributed by atoms with van der Waals surface area (Å²) >= 11 is 0. The van der Waals surface area contributed by atoms with E-state index in [1.165, 1.54) is 0 Å². The quantitative estimate of drug-likeness (QED) is 0.768. The number of nitrogens with zero attached hydrogens (tertiary/aromatic N) is 3. The molecular weight excluding hydrogens is 324 g/mol. The first-order valence-corrected chi connectivity index (χ1v) is 9.05. The van der Waals surface area contributed by atoms with Gasteiger partial charge >= 0.3 is 0 Å². The van der Waals surface area contributed by atoms with E-state index in [0.717, 1.165) is 45.7 Å². The van der Waals surface area contributed by atoms with Crippen LogP contribution in [0.2, 0.25) is 0 Å². The molecule has 1 amide bonds. The lowest BCUT2D eigenvalue weighted by Gasteiger charge is -2.16. The van der Waals surface area contributed by atoms with Gasteiger partial charge in [0.15, 0.2) is 0 Å². The number of fused-ring (bicyclic) bond motifs is 1. The number of aromatic nitrogens is 3. The zero-order chi connectivity index (χ0) is 19.0. The van der Waals surface area contributed by atoms with Gasteiger partial charge in [-0.25, -0.2) is 0 Å². The Kier molecular flexibility index (Phi) is 4.81. The Labute approximate surface area is 154 Å². The van der Waals surface area contributed by atoms with E-state index in [1.54, 1.807) is 0 Å². The zero-order valence-corrected chi connectivity index (χ0v) is 16.3. The molecule has 3 aromatic rings. The number of hydrogen-bond donors (Lipinski definition) is 1. The van der Waals surface area contributed by atoms with Gasteiger partial charge in [-0.2, -0.15) is 5.10 Å². The van der Waals surface area contributed by atoms with Crippen molar-refractivity contribution in [2.45, 2.75) is 54.1 Å². The summed E-state index contributed by atoms with van der Waals surface area (Å²) in [5, 5.41) is 8.60. The highest BCUT2D eigenvalue weighted by Crippen LogP contribution is 2.24. The average molecular weight is 350 g/mol. The van der Waals surface area contributed by atoms with Crippen LogP contribution in [0.15, 0.2) is 24.3 Å². The second-order valence-electron chi connectivity index (χ2n) is 6.88. The molecule has 1 N–H and O–H groups in total. The molecule has 5 heteroatoms. The number of amides is 1. The lowest BCUT2D eigenvalue weighted by Crippen LogP contribution is -2.27. The fourth-order valence-electron chi connectivity index (χ4n) is 3.70. The Bertz CT molecular complexity index is 987. The predicted octanol–water partition coefficient (Wildman–Crippen LogP) is 4.18. The van der Waals surface area contributed by atoms with E-state index in [9.17, 15) is 4.79 Å². The number of carbonyl (C=O) groups excluding carboxylic acids is 1. The molecule has 5 nitrogen and oxygen atoms in total. The van der Waals surface area contributed by atoms with Crippen molar-refractivity contribution in [1.82, 2.24) is 20.1 Å². The van der Waals surface area contributed by atoms with Crippen LogP contribution in [0, 0.1) is 27.7 Å². The highest BCUT2D eigenvalue weighted by Gasteiger charge is 2.21. The number of rotatable bonds is 4. The largest absolute Gasteiger partial charge is 0.345 e. The van der Waals surface area contributed by atoms with Crippen molar-refractivity contribution in [3.05, 3.63) is 58.0 Å². The van der Waals surface area contributed by atoms with Crippen molar-refractivity contribution in [3.63, 3.8) is 0 Å². The van der Waals surface area contributed by atoms with Gasteiger partial charge in [-0.05, 0) is 53.2 Å². The summed E-state index contributed by atoms with van der Waals surface area (Å²) < 4.78 is 1.97. The van der Waals surface area contributed by atoms with Crippen LogP contribution in [0.5, 0.6) is 0 Å². The van der Waals surface area contributed by atoms with Crippen LogP contribution in [-0.2, 0) is 6.54 Å². The first kappa shape index (κ1) is 18.1. The standard InChI is InChI=1S/C21H26N4O/c1-7-25-16(6)19(15(5)24-25)14(4)23-21(26)18-11-13(3)22-20-12(2)9-8-10-17(18)20/h8-11,14H,7H2,1-6H3,(H,23,26)/t14-/m0/s1. The van der Waals surface area contributed by atoms with Crippen molar-refractivity contribution in [3.8, 4) is 0 Å². The van der Waals surface area contributed by atoms with Crippen LogP contribution in [0.1, 0.15) is 58.5 Å². The van der Waals surface area contributed by atoms with Crippen LogP contribution in [0.25, 0.3) is 10.9 Å². The Balaban J connectivity index is 1.97. The fourth-order valence-corrected chi connectivity index (χ4v) is 3.70. The van der Waals surface area contributed by atoms with Crippen molar-refractivity contribution in [2.75, 3.05) is 0 Å². The Morgan fingerprint density at radius 3 is 2.62 bits per heavy atom. The topological polar surface area (TPSA) is 59.8 Å². The molecule has 26 heavy (non-hydrogen) atoms. The molecule has 0 saturated carbocycles. The molecule has 1 aromatic carbocycles. The minimum atomic E-state index is -0.115. The number of nitrogens with one attached hydrogen (secondary N) is 1. The normalized spacial score (nSPS) is 12.4. The van der Waals surface area contributed by atoms with Gasteiger partial charge < -0.3 is 5.32 Å². The number of benzene rings is 1. The lowest BCUT2D eigenvalue weighted by molar-refractivity contribution is 0.0941. The second kappa shape index (κ2) is 6.90. The molecule has 0 spiro atoms. The number of carbonyl (C=O) groups is 1. The van der Waals surface area contributed by atoms with Crippen molar-refractivity contribution >= 4 is 16.8 Å². The molecule has 1 atom stereocenters. The Hall–Kier alpha value is -2.69. The number of para-hydroxylation sites is 1. The van der Waals surface area contributed by atoms with Gasteiger partial charge in [0.25, 0.3) is 5.91 Å². The lowest BCUT2D eigenvalue weighted by atomic mass is 10.0. The Morgan fingerprint density at radius 2 is 1.96 bits per heavy atom. The molecule has 2 heterocycles. The monoisotopic (exact) mass is 350 g/mol. The summed E-state index contributed by atoms with van der Waals surface area (Å²) in [6.45, 7) is 12.9. The maximum atomic E-state index is 13.0. The first-order chi connectivity index (χ1) is 12.3. The summed E-state index contributed by atoms with van der Waals surface area (Å²) in [5.41, 5.74) is 6.62. The van der Waals surface area contributed by atoms with Crippen LogP contribution in [0.4, 0.5) is 0 Å². The molecule has 0 bridgehead atoms. The SMILES string of the molecule is CCn1nc(C)c([C@H](C)NC(=O)c2cc(C)nc3c(C)cccc23)c1C. The number of aryl methyl sites for hydroxylation is 4. The van der Waals surface area contributed by atoms with E-state index >= 15 is 0 Å². The molecule has 0 aliphatic carbocycles. The summed E-state index contributed by atoms with van der Waals surface area (Å²) in [6, 6.07) is 7.69. The van der Waals surface area contributed by atoms with Gasteiger partial charge in [0.2, 0.25) is 0 Å². The van der Waals surface area contributed by atoms with Gasteiger partial charge in [-0.3, -0.25) is 14.5 Å². The number of hydrogen-bond acceptors (Lipinski definition) is 3. The van der Waals surface area contributed by atoms with E-state index in [0.29, 0.717) is 5.56 Å². The van der Waals surface area contributed by atoms with Gasteiger partial charge in [0.05, 0.1) is 22.8 Å². The molecule has 0 fully saturated rings. The maximum Gasteiger partial charge on any atom is 0.252 e. The smallest absolute Gasteiger partial charge is 0.252 e. The minimum absolute atomic E-state index is 0.0818. The highest BCUT2D eigenvalue weighted by molar-refractivity contribution is 6.06. The van der Waals surface area contributed by atoms with Crippen molar-refractivity contribution < 1.29 is 4.79 Å². The van der Waals surface area contributed by atoms with E-state index in [4.69, 9.17) is 0 Å². The van der Waals surface area contributed by atoms with E-state index in [2.05, 4.69) is 29.2 Å². The third-order valence-electron chi connectivity index (χ3n) is 4.93. The molecule has 0 aliphatic rings. The summed E-state index contributed by atoms with van der Waals surface area (Å²) in [7, 11) is 0. The van der Waals surface area contributed by atoms with Gasteiger partial charge in [0.1, 0.15) is 0 Å². The number of pyridine rings is 1. The van der Waals surface area contributed by atoms with Crippen molar-refractivity contribution in [2.24, 2.45) is 0 Å². The van der Waals surface area contributed by atoms with Crippen LogP contribution in [0.3, 0.4) is 0 Å². The van der Waals surface area contributed by atoms with E-state index in [1.807, 2.05) is 56.6 Å². The van der Waals surface area contributed by atoms with Crippen LogP contribution >= 0.6 is 0 Å². The maximum absolute atomic E-state index is 13.0. The Morgan fingerprint density at radius 1 is 1.23 bits per heavy atom. The summed E-state index contributed by atoms with van der Waals surface area (Å²) in [4.78, 5) is 17.6. The third-order valence-corrected chi connectivity index (χ3v) is 4.93. The van der Waals surface area contributed by atoms with Crippen LogP contribution < -0.4 is 5.32 Å². The minimum Gasteiger partial charge on any atom is -0.345 e. The van der Waals surface area contributed by atoms with E-state index in [-0.39, 0.29) is 11.9 Å². The molecule has 0 radical (unpaired) electrons. The van der Waals surface area contributed by atoms with E-state index < -0.39 is 0 Å². The van der Waals surface area contributed by atoms with Crippen LogP contribution in [-0.4, -0.2) is 20.7 Å². The molecule has 0 unspecified atom stereocenters. The average Bonchev–Trinajstić information content (AvgIpc) is 2.88. The summed E-state index contributed by atoms with van der Waals surface area (Å²) in [5.74, 6) is -0.0818.